The van der Waals surface area contributed by atoms with E-state index in [2.05, 4.69) is 39.9 Å². The predicted octanol–water partition coefficient (Wildman–Crippen LogP) is 7.50. The van der Waals surface area contributed by atoms with Crippen molar-refractivity contribution in [3.63, 3.8) is 0 Å². The minimum atomic E-state index is -1.83. The Bertz CT molecular complexity index is 602. The average molecular weight is 497 g/mol. The maximum absolute atomic E-state index is 6.88. The fourth-order valence-electron chi connectivity index (χ4n) is 4.80. The Balaban J connectivity index is 1.39. The van der Waals surface area contributed by atoms with E-state index in [1.54, 1.807) is 0 Å². The van der Waals surface area contributed by atoms with Crippen LogP contribution in [0.2, 0.25) is 18.1 Å². The van der Waals surface area contributed by atoms with Gasteiger partial charge in [0.1, 0.15) is 0 Å². The van der Waals surface area contributed by atoms with Crippen molar-refractivity contribution in [1.82, 2.24) is 0 Å². The Morgan fingerprint density at radius 2 is 1.53 bits per heavy atom. The summed E-state index contributed by atoms with van der Waals surface area (Å²) in [4.78, 5) is 0. The summed E-state index contributed by atoms with van der Waals surface area (Å²) in [5, 5.41) is 0.217. The molecule has 2 fully saturated rings. The van der Waals surface area contributed by atoms with Crippen molar-refractivity contribution in [2.75, 3.05) is 19.8 Å². The second kappa shape index (κ2) is 13.9. The number of unbranched alkanes of at least 4 members (excludes halogenated alkanes) is 4. The molecule has 0 N–H and O–H groups in total. The fraction of sp³-hybridized carbons (Fsp3) is 0.929. The van der Waals surface area contributed by atoms with Crippen LogP contribution in [0.4, 0.5) is 0 Å². The third-order valence-electron chi connectivity index (χ3n) is 8.02. The van der Waals surface area contributed by atoms with Crippen LogP contribution in [-0.4, -0.2) is 52.9 Å². The molecule has 4 atom stereocenters. The largest absolute Gasteiger partial charge is 0.410 e. The van der Waals surface area contributed by atoms with Gasteiger partial charge in [-0.2, -0.15) is 0 Å². The molecule has 0 amide bonds. The Kier molecular flexibility index (Phi) is 11.6. The highest BCUT2D eigenvalue weighted by Crippen LogP contribution is 2.41. The molecule has 3 rings (SSSR count). The first-order valence-corrected chi connectivity index (χ1v) is 17.0. The van der Waals surface area contributed by atoms with Gasteiger partial charge in [0, 0.05) is 26.2 Å². The molecule has 2 aliphatic heterocycles. The molecule has 0 bridgehead atoms. The summed E-state index contributed by atoms with van der Waals surface area (Å²) in [6, 6.07) is 0. The Hall–Kier alpha value is -0.243. The molecule has 4 unspecified atom stereocenters. The van der Waals surface area contributed by atoms with Gasteiger partial charge in [0.25, 0.3) is 0 Å². The van der Waals surface area contributed by atoms with E-state index >= 15 is 0 Å². The molecule has 3 aliphatic rings. The first kappa shape index (κ1) is 28.3. The zero-order chi connectivity index (χ0) is 24.4. The molecule has 6 heteroatoms. The van der Waals surface area contributed by atoms with Crippen molar-refractivity contribution in [2.45, 2.75) is 147 Å². The van der Waals surface area contributed by atoms with Crippen LogP contribution >= 0.6 is 0 Å². The summed E-state index contributed by atoms with van der Waals surface area (Å²) < 4.78 is 30.6. The molecule has 198 valence electrons. The highest BCUT2D eigenvalue weighted by molar-refractivity contribution is 6.74. The van der Waals surface area contributed by atoms with Gasteiger partial charge in [-0.3, -0.25) is 0 Å². The van der Waals surface area contributed by atoms with Gasteiger partial charge in [-0.1, -0.05) is 46.1 Å². The van der Waals surface area contributed by atoms with Gasteiger partial charge in [-0.25, -0.2) is 0 Å². The first-order chi connectivity index (χ1) is 16.2. The number of hydrogen-bond donors (Lipinski definition) is 0. The normalized spacial score (nSPS) is 28.8. The van der Waals surface area contributed by atoms with Crippen molar-refractivity contribution >= 4 is 8.32 Å². The number of ether oxygens (including phenoxy) is 4. The molecule has 0 radical (unpaired) electrons. The van der Waals surface area contributed by atoms with Gasteiger partial charge < -0.3 is 23.4 Å². The summed E-state index contributed by atoms with van der Waals surface area (Å²) >= 11 is 0. The van der Waals surface area contributed by atoms with Crippen molar-refractivity contribution < 1.29 is 23.4 Å². The zero-order valence-electron chi connectivity index (χ0n) is 22.7. The molecular weight excluding hydrogens is 444 g/mol. The summed E-state index contributed by atoms with van der Waals surface area (Å²) in [5.74, 6) is 0. The van der Waals surface area contributed by atoms with Crippen molar-refractivity contribution in [3.8, 4) is 0 Å². The molecule has 0 aromatic carbocycles. The topological polar surface area (TPSA) is 46.2 Å². The molecule has 2 saturated heterocycles. The molecule has 2 heterocycles. The van der Waals surface area contributed by atoms with Gasteiger partial charge in [0.15, 0.2) is 20.9 Å². The lowest BCUT2D eigenvalue weighted by atomic mass is 10.0. The van der Waals surface area contributed by atoms with Gasteiger partial charge in [-0.05, 0) is 81.5 Å². The maximum Gasteiger partial charge on any atom is 0.192 e. The monoisotopic (exact) mass is 496 g/mol. The van der Waals surface area contributed by atoms with Gasteiger partial charge >= 0.3 is 0 Å². The molecule has 1 aliphatic carbocycles. The molecule has 0 aromatic rings. The van der Waals surface area contributed by atoms with E-state index in [1.807, 2.05) is 0 Å². The van der Waals surface area contributed by atoms with Crippen LogP contribution in [0.25, 0.3) is 0 Å². The molecule has 0 saturated carbocycles. The van der Waals surface area contributed by atoms with Crippen LogP contribution < -0.4 is 0 Å². The van der Waals surface area contributed by atoms with Crippen LogP contribution in [0.5, 0.6) is 0 Å². The lowest BCUT2D eigenvalue weighted by Gasteiger charge is -2.39. The van der Waals surface area contributed by atoms with E-state index in [-0.39, 0.29) is 29.8 Å². The first-order valence-electron chi connectivity index (χ1n) is 14.1. The third-order valence-corrected chi connectivity index (χ3v) is 12.5. The highest BCUT2D eigenvalue weighted by atomic mass is 28.4. The van der Waals surface area contributed by atoms with Crippen LogP contribution in [0, 0.1) is 0 Å². The summed E-state index contributed by atoms with van der Waals surface area (Å²) in [6.45, 7) is 14.2. The molecule has 0 aromatic heterocycles. The van der Waals surface area contributed by atoms with E-state index in [0.29, 0.717) is 0 Å². The predicted molar refractivity (Wildman–Crippen MR) is 140 cm³/mol. The molecule has 0 spiro atoms. The van der Waals surface area contributed by atoms with E-state index in [4.69, 9.17) is 23.4 Å². The third kappa shape index (κ3) is 9.33. The van der Waals surface area contributed by atoms with E-state index in [9.17, 15) is 0 Å². The van der Waals surface area contributed by atoms with Gasteiger partial charge in [0.2, 0.25) is 0 Å². The summed E-state index contributed by atoms with van der Waals surface area (Å²) in [5.41, 5.74) is 1.46. The minimum Gasteiger partial charge on any atom is -0.410 e. The van der Waals surface area contributed by atoms with Crippen molar-refractivity contribution in [1.29, 1.82) is 0 Å². The van der Waals surface area contributed by atoms with Crippen molar-refractivity contribution in [3.05, 3.63) is 11.6 Å². The van der Waals surface area contributed by atoms with Crippen LogP contribution in [-0.2, 0) is 23.4 Å². The van der Waals surface area contributed by atoms with Crippen LogP contribution in [0.15, 0.2) is 11.6 Å². The standard InChI is InChI=1S/C28H52O5Si/c1-28(2,3)34(4,5)33-25-22-24(32-27-17-11-14-20-31-27)21-23(25)15-9-7-6-8-12-18-29-26-16-10-13-19-30-26/h21,24-27H,6-20,22H2,1-5H3. The van der Waals surface area contributed by atoms with Gasteiger partial charge in [0.05, 0.1) is 12.2 Å². The van der Waals surface area contributed by atoms with Gasteiger partial charge in [-0.15, -0.1) is 0 Å². The quantitative estimate of drug-likeness (QED) is 0.150. The van der Waals surface area contributed by atoms with E-state index in [0.717, 1.165) is 58.3 Å². The fourth-order valence-corrected chi connectivity index (χ4v) is 6.12. The molecule has 5 nitrogen and oxygen atoms in total. The average Bonchev–Trinajstić information content (AvgIpc) is 3.16. The second-order valence-electron chi connectivity index (χ2n) is 12.0. The van der Waals surface area contributed by atoms with Crippen LogP contribution in [0.1, 0.15) is 104 Å². The van der Waals surface area contributed by atoms with Crippen molar-refractivity contribution in [2.24, 2.45) is 0 Å². The second-order valence-corrected chi connectivity index (χ2v) is 16.8. The highest BCUT2D eigenvalue weighted by Gasteiger charge is 2.41. The van der Waals surface area contributed by atoms with Crippen LogP contribution in [0.3, 0.4) is 0 Å². The minimum absolute atomic E-state index is 0.0379. The molecule has 34 heavy (non-hydrogen) atoms. The zero-order valence-corrected chi connectivity index (χ0v) is 23.7. The number of hydrogen-bond acceptors (Lipinski definition) is 5. The number of rotatable bonds is 13. The lowest BCUT2D eigenvalue weighted by Crippen LogP contribution is -2.44. The van der Waals surface area contributed by atoms with E-state index in [1.165, 1.54) is 50.5 Å². The molecular formula is C28H52O5Si. The van der Waals surface area contributed by atoms with E-state index < -0.39 is 8.32 Å². The Morgan fingerprint density at radius 3 is 2.18 bits per heavy atom. The Morgan fingerprint density at radius 1 is 0.882 bits per heavy atom. The Labute approximate surface area is 210 Å². The summed E-state index contributed by atoms with van der Waals surface area (Å²) in [6.07, 6.45) is 17.8. The smallest absolute Gasteiger partial charge is 0.192 e. The lowest BCUT2D eigenvalue weighted by molar-refractivity contribution is -0.179. The maximum atomic E-state index is 6.88. The SMILES string of the molecule is CC(C)(C)[Si](C)(C)OC1CC(OC2CCCCO2)C=C1CCCCCCCOC1CCCCO1. The summed E-state index contributed by atoms with van der Waals surface area (Å²) in [7, 11) is -1.83.